The van der Waals surface area contributed by atoms with E-state index in [-0.39, 0.29) is 5.78 Å². The Morgan fingerprint density at radius 1 is 1.33 bits per heavy atom. The van der Waals surface area contributed by atoms with E-state index >= 15 is 0 Å². The molecule has 0 radical (unpaired) electrons. The van der Waals surface area contributed by atoms with Crippen LogP contribution in [0.3, 0.4) is 0 Å². The van der Waals surface area contributed by atoms with Crippen LogP contribution in [0.25, 0.3) is 0 Å². The number of benzene rings is 1. The predicted octanol–water partition coefficient (Wildman–Crippen LogP) is 3.24. The van der Waals surface area contributed by atoms with Gasteiger partial charge in [-0.05, 0) is 36.6 Å². The summed E-state index contributed by atoms with van der Waals surface area (Å²) in [5, 5.41) is 0. The molecule has 0 atom stereocenters. The summed E-state index contributed by atoms with van der Waals surface area (Å²) in [7, 11) is 1.64. The van der Waals surface area contributed by atoms with Crippen molar-refractivity contribution < 1.29 is 9.53 Å². The van der Waals surface area contributed by atoms with Gasteiger partial charge in [0.25, 0.3) is 0 Å². The van der Waals surface area contributed by atoms with Crippen LogP contribution in [-0.4, -0.2) is 12.9 Å². The van der Waals surface area contributed by atoms with Gasteiger partial charge in [0.05, 0.1) is 7.11 Å². The number of aryl methyl sites for hydroxylation is 1. The third kappa shape index (κ3) is 2.82. The zero-order chi connectivity index (χ0) is 11.3. The van der Waals surface area contributed by atoms with E-state index in [1.807, 2.05) is 25.1 Å². The lowest BCUT2D eigenvalue weighted by molar-refractivity contribution is 0.0981. The minimum atomic E-state index is 0.233. The van der Waals surface area contributed by atoms with Gasteiger partial charge < -0.3 is 4.74 Å². The topological polar surface area (TPSA) is 26.3 Å². The number of carbonyl (C=O) groups is 1. The highest BCUT2D eigenvalue weighted by Crippen LogP contribution is 2.19. The minimum Gasteiger partial charge on any atom is -0.497 e. The Morgan fingerprint density at radius 3 is 2.60 bits per heavy atom. The third-order valence-corrected chi connectivity index (χ3v) is 2.47. The van der Waals surface area contributed by atoms with E-state index in [4.69, 9.17) is 4.74 Å². The van der Waals surface area contributed by atoms with Gasteiger partial charge in [0, 0.05) is 12.0 Å². The Hall–Kier alpha value is -1.31. The standard InChI is InChI=1S/C13H18O2/c1-4-6-13(14)12-8-7-11(15-3)9-10(12)5-2/h7-9H,4-6H2,1-3H3. The summed E-state index contributed by atoms with van der Waals surface area (Å²) in [5.74, 6) is 1.05. The summed E-state index contributed by atoms with van der Waals surface area (Å²) in [6, 6.07) is 5.67. The molecule has 1 aromatic rings. The average molecular weight is 206 g/mol. The molecule has 2 nitrogen and oxygen atoms in total. The Morgan fingerprint density at radius 2 is 2.07 bits per heavy atom. The molecule has 0 heterocycles. The molecule has 0 aliphatic heterocycles. The van der Waals surface area contributed by atoms with Crippen molar-refractivity contribution in [3.63, 3.8) is 0 Å². The number of methoxy groups -OCH3 is 1. The number of ether oxygens (including phenoxy) is 1. The number of rotatable bonds is 5. The molecule has 0 amide bonds. The Bertz CT molecular complexity index is 342. The van der Waals surface area contributed by atoms with Crippen molar-refractivity contribution in [2.24, 2.45) is 0 Å². The highest BCUT2D eigenvalue weighted by atomic mass is 16.5. The monoisotopic (exact) mass is 206 g/mol. The molecule has 15 heavy (non-hydrogen) atoms. The molecule has 0 saturated carbocycles. The second-order valence-electron chi connectivity index (χ2n) is 3.55. The molecule has 0 saturated heterocycles. The summed E-state index contributed by atoms with van der Waals surface area (Å²) in [5.41, 5.74) is 1.92. The normalized spacial score (nSPS) is 10.1. The number of carbonyl (C=O) groups excluding carboxylic acids is 1. The summed E-state index contributed by atoms with van der Waals surface area (Å²) in [4.78, 5) is 11.8. The molecule has 0 aliphatic rings. The summed E-state index contributed by atoms with van der Waals surface area (Å²) in [6.45, 7) is 4.07. The van der Waals surface area contributed by atoms with E-state index in [0.29, 0.717) is 6.42 Å². The molecule has 0 aliphatic carbocycles. The van der Waals surface area contributed by atoms with Crippen molar-refractivity contribution in [2.75, 3.05) is 7.11 Å². The van der Waals surface area contributed by atoms with Crippen molar-refractivity contribution in [1.82, 2.24) is 0 Å². The minimum absolute atomic E-state index is 0.233. The zero-order valence-corrected chi connectivity index (χ0v) is 9.67. The molecule has 0 spiro atoms. The molecule has 0 aromatic heterocycles. The zero-order valence-electron chi connectivity index (χ0n) is 9.67. The fourth-order valence-corrected chi connectivity index (χ4v) is 1.62. The van der Waals surface area contributed by atoms with Crippen LogP contribution in [0, 0.1) is 0 Å². The highest BCUT2D eigenvalue weighted by molar-refractivity contribution is 5.97. The first kappa shape index (κ1) is 11.8. The van der Waals surface area contributed by atoms with Crippen LogP contribution in [0.4, 0.5) is 0 Å². The van der Waals surface area contributed by atoms with Crippen LogP contribution in [0.5, 0.6) is 5.75 Å². The third-order valence-electron chi connectivity index (χ3n) is 2.47. The molecule has 0 unspecified atom stereocenters. The number of hydrogen-bond acceptors (Lipinski definition) is 2. The van der Waals surface area contributed by atoms with Gasteiger partial charge >= 0.3 is 0 Å². The molecule has 1 aromatic carbocycles. The maximum Gasteiger partial charge on any atom is 0.163 e. The lowest BCUT2D eigenvalue weighted by Crippen LogP contribution is -2.03. The number of hydrogen-bond donors (Lipinski definition) is 0. The second kappa shape index (κ2) is 5.54. The quantitative estimate of drug-likeness (QED) is 0.691. The number of ketones is 1. The summed E-state index contributed by atoms with van der Waals surface area (Å²) < 4.78 is 5.14. The lowest BCUT2D eigenvalue weighted by Gasteiger charge is -2.08. The van der Waals surface area contributed by atoms with Crippen molar-refractivity contribution in [2.45, 2.75) is 33.1 Å². The predicted molar refractivity (Wildman–Crippen MR) is 61.6 cm³/mol. The van der Waals surface area contributed by atoms with Gasteiger partial charge in [-0.1, -0.05) is 13.8 Å². The fourth-order valence-electron chi connectivity index (χ4n) is 1.62. The van der Waals surface area contributed by atoms with E-state index in [1.54, 1.807) is 7.11 Å². The first-order valence-corrected chi connectivity index (χ1v) is 5.43. The van der Waals surface area contributed by atoms with Gasteiger partial charge in [0.15, 0.2) is 5.78 Å². The van der Waals surface area contributed by atoms with Crippen molar-refractivity contribution in [3.05, 3.63) is 29.3 Å². The van der Waals surface area contributed by atoms with Gasteiger partial charge in [-0.15, -0.1) is 0 Å². The van der Waals surface area contributed by atoms with Crippen LogP contribution in [-0.2, 0) is 6.42 Å². The maximum atomic E-state index is 11.8. The second-order valence-corrected chi connectivity index (χ2v) is 3.55. The first-order chi connectivity index (χ1) is 7.22. The van der Waals surface area contributed by atoms with Crippen LogP contribution < -0.4 is 4.74 Å². The highest BCUT2D eigenvalue weighted by Gasteiger charge is 2.10. The molecule has 82 valence electrons. The largest absolute Gasteiger partial charge is 0.497 e. The molecule has 2 heteroatoms. The van der Waals surface area contributed by atoms with Crippen molar-refractivity contribution in [3.8, 4) is 5.75 Å². The first-order valence-electron chi connectivity index (χ1n) is 5.43. The van der Waals surface area contributed by atoms with Crippen LogP contribution in [0.1, 0.15) is 42.6 Å². The van der Waals surface area contributed by atoms with Gasteiger partial charge in [0.1, 0.15) is 5.75 Å². The van der Waals surface area contributed by atoms with E-state index in [9.17, 15) is 4.79 Å². The molecule has 0 bridgehead atoms. The van der Waals surface area contributed by atoms with Crippen LogP contribution in [0.15, 0.2) is 18.2 Å². The van der Waals surface area contributed by atoms with E-state index in [0.717, 1.165) is 29.7 Å². The average Bonchev–Trinajstić information content (AvgIpc) is 2.28. The van der Waals surface area contributed by atoms with Gasteiger partial charge in [-0.25, -0.2) is 0 Å². The molecule has 1 rings (SSSR count). The smallest absolute Gasteiger partial charge is 0.163 e. The van der Waals surface area contributed by atoms with Crippen molar-refractivity contribution in [1.29, 1.82) is 0 Å². The lowest BCUT2D eigenvalue weighted by atomic mass is 9.99. The van der Waals surface area contributed by atoms with E-state index in [2.05, 4.69) is 6.92 Å². The fraction of sp³-hybridized carbons (Fsp3) is 0.462. The summed E-state index contributed by atoms with van der Waals surface area (Å²) >= 11 is 0. The van der Waals surface area contributed by atoms with Gasteiger partial charge in [-0.3, -0.25) is 4.79 Å². The van der Waals surface area contributed by atoms with Crippen molar-refractivity contribution >= 4 is 5.78 Å². The molecular weight excluding hydrogens is 188 g/mol. The van der Waals surface area contributed by atoms with E-state index < -0.39 is 0 Å². The summed E-state index contributed by atoms with van der Waals surface area (Å²) in [6.07, 6.45) is 2.38. The molecule has 0 fully saturated rings. The van der Waals surface area contributed by atoms with Crippen LogP contribution >= 0.6 is 0 Å². The Balaban J connectivity index is 3.02. The Kier molecular flexibility index (Phi) is 4.35. The maximum absolute atomic E-state index is 11.8. The van der Waals surface area contributed by atoms with Gasteiger partial charge in [-0.2, -0.15) is 0 Å². The van der Waals surface area contributed by atoms with E-state index in [1.165, 1.54) is 0 Å². The SMILES string of the molecule is CCCC(=O)c1ccc(OC)cc1CC. The number of Topliss-reactive ketones (excluding diaryl/α,β-unsaturated/α-hetero) is 1. The Labute approximate surface area is 91.3 Å². The van der Waals surface area contributed by atoms with Gasteiger partial charge in [0.2, 0.25) is 0 Å². The molecular formula is C13H18O2. The molecule has 0 N–H and O–H groups in total. The van der Waals surface area contributed by atoms with Crippen LogP contribution in [0.2, 0.25) is 0 Å².